The lowest BCUT2D eigenvalue weighted by Gasteiger charge is -2.02. The van der Waals surface area contributed by atoms with Crippen molar-refractivity contribution in [3.05, 3.63) is 22.7 Å². The lowest BCUT2D eigenvalue weighted by Crippen LogP contribution is -2.00. The van der Waals surface area contributed by atoms with Crippen LogP contribution in [0.2, 0.25) is 0 Å². The number of nitrogens with zero attached hydrogens (tertiary/aromatic N) is 1. The maximum absolute atomic E-state index is 4.60. The van der Waals surface area contributed by atoms with E-state index in [2.05, 4.69) is 51.4 Å². The molecule has 0 radical (unpaired) electrons. The number of halogens is 1. The average molecular weight is 341 g/mol. The largest absolute Gasteiger partial charge is 0.361 e. The maximum atomic E-state index is 4.60. The molecule has 0 aliphatic carbocycles. The molecule has 19 heavy (non-hydrogen) atoms. The summed E-state index contributed by atoms with van der Waals surface area (Å²) in [5.41, 5.74) is 1.07. The molecule has 104 valence electrons. The zero-order chi connectivity index (χ0) is 13.5. The summed E-state index contributed by atoms with van der Waals surface area (Å²) in [6, 6.07) is 6.26. The lowest BCUT2D eigenvalue weighted by atomic mass is 10.1. The van der Waals surface area contributed by atoms with Crippen LogP contribution in [0.5, 0.6) is 0 Å². The second-order valence-electron chi connectivity index (χ2n) is 4.83. The predicted octanol–water partition coefficient (Wildman–Crippen LogP) is 5.83. The highest BCUT2D eigenvalue weighted by atomic mass is 79.9. The summed E-state index contributed by atoms with van der Waals surface area (Å²) in [6.07, 6.45) is 8.00. The van der Waals surface area contributed by atoms with Gasteiger partial charge in [0.2, 0.25) is 0 Å². The monoisotopic (exact) mass is 340 g/mol. The Kier molecular flexibility index (Phi) is 6.11. The summed E-state index contributed by atoms with van der Waals surface area (Å²) in [6.45, 7) is 3.29. The number of thiazole rings is 1. The minimum absolute atomic E-state index is 1.03. The molecular weight excluding hydrogens is 320 g/mol. The average Bonchev–Trinajstić information content (AvgIpc) is 2.79. The Labute approximate surface area is 127 Å². The van der Waals surface area contributed by atoms with Crippen LogP contribution in [0.1, 0.15) is 45.4 Å². The molecule has 0 spiro atoms. The van der Waals surface area contributed by atoms with Crippen LogP contribution in [0.4, 0.5) is 5.13 Å². The van der Waals surface area contributed by atoms with E-state index in [1.54, 1.807) is 11.3 Å². The number of unbranched alkanes of at least 4 members (excludes halogenated alkanes) is 5. The molecule has 0 saturated carbocycles. The van der Waals surface area contributed by atoms with Crippen LogP contribution in [0, 0.1) is 0 Å². The lowest BCUT2D eigenvalue weighted by molar-refractivity contribution is 0.617. The number of anilines is 1. The molecule has 0 aliphatic rings. The molecule has 0 aliphatic heterocycles. The molecule has 0 unspecified atom stereocenters. The molecule has 1 aromatic carbocycles. The first kappa shape index (κ1) is 14.8. The smallest absolute Gasteiger partial charge is 0.183 e. The first-order valence-corrected chi connectivity index (χ1v) is 8.70. The SMILES string of the molecule is CCCCCCCCNc1nc2cc(Br)ccc2s1. The van der Waals surface area contributed by atoms with E-state index in [-0.39, 0.29) is 0 Å². The van der Waals surface area contributed by atoms with Gasteiger partial charge in [-0.15, -0.1) is 0 Å². The molecule has 4 heteroatoms. The molecule has 1 heterocycles. The minimum Gasteiger partial charge on any atom is -0.361 e. The summed E-state index contributed by atoms with van der Waals surface area (Å²) in [7, 11) is 0. The van der Waals surface area contributed by atoms with E-state index in [4.69, 9.17) is 0 Å². The Bertz CT molecular complexity index is 510. The van der Waals surface area contributed by atoms with Gasteiger partial charge in [0.1, 0.15) is 0 Å². The van der Waals surface area contributed by atoms with E-state index < -0.39 is 0 Å². The number of aromatic nitrogens is 1. The van der Waals surface area contributed by atoms with E-state index in [9.17, 15) is 0 Å². The highest BCUT2D eigenvalue weighted by Gasteiger charge is 2.03. The standard InChI is InChI=1S/C15H21BrN2S/c1-2-3-4-5-6-7-10-17-15-18-13-11-12(16)8-9-14(13)19-15/h8-9,11H,2-7,10H2,1H3,(H,17,18). The fourth-order valence-corrected chi connectivity index (χ4v) is 3.30. The number of rotatable bonds is 8. The summed E-state index contributed by atoms with van der Waals surface area (Å²) in [5.74, 6) is 0. The first-order chi connectivity index (χ1) is 9.29. The van der Waals surface area contributed by atoms with Crippen LogP contribution < -0.4 is 5.32 Å². The molecule has 0 fully saturated rings. The zero-order valence-corrected chi connectivity index (χ0v) is 13.8. The zero-order valence-electron chi connectivity index (χ0n) is 11.4. The van der Waals surface area contributed by atoms with Crippen molar-refractivity contribution in [3.63, 3.8) is 0 Å². The van der Waals surface area contributed by atoms with Gasteiger partial charge in [0, 0.05) is 11.0 Å². The molecule has 2 nitrogen and oxygen atoms in total. The van der Waals surface area contributed by atoms with Crippen LogP contribution in [-0.2, 0) is 0 Å². The molecule has 0 amide bonds. The number of hydrogen-bond donors (Lipinski definition) is 1. The van der Waals surface area contributed by atoms with Crippen molar-refractivity contribution in [1.29, 1.82) is 0 Å². The van der Waals surface area contributed by atoms with Crippen LogP contribution in [0.15, 0.2) is 22.7 Å². The number of benzene rings is 1. The summed E-state index contributed by atoms with van der Waals surface area (Å²) in [4.78, 5) is 4.60. The van der Waals surface area contributed by atoms with E-state index >= 15 is 0 Å². The van der Waals surface area contributed by atoms with Crippen molar-refractivity contribution in [2.45, 2.75) is 45.4 Å². The maximum Gasteiger partial charge on any atom is 0.183 e. The van der Waals surface area contributed by atoms with Crippen molar-refractivity contribution in [3.8, 4) is 0 Å². The second-order valence-corrected chi connectivity index (χ2v) is 6.77. The Morgan fingerprint density at radius 3 is 2.79 bits per heavy atom. The topological polar surface area (TPSA) is 24.9 Å². The van der Waals surface area contributed by atoms with Crippen molar-refractivity contribution >= 4 is 42.6 Å². The summed E-state index contributed by atoms with van der Waals surface area (Å²) < 4.78 is 2.33. The predicted molar refractivity (Wildman–Crippen MR) is 89.2 cm³/mol. The fourth-order valence-electron chi connectivity index (χ4n) is 2.08. The molecular formula is C15H21BrN2S. The Hall–Kier alpha value is -0.610. The Balaban J connectivity index is 1.72. The van der Waals surface area contributed by atoms with Gasteiger partial charge in [-0.3, -0.25) is 0 Å². The van der Waals surface area contributed by atoms with Gasteiger partial charge < -0.3 is 5.32 Å². The van der Waals surface area contributed by atoms with Crippen LogP contribution in [0.3, 0.4) is 0 Å². The number of hydrogen-bond acceptors (Lipinski definition) is 3. The van der Waals surface area contributed by atoms with Crippen molar-refractivity contribution in [2.24, 2.45) is 0 Å². The van der Waals surface area contributed by atoms with E-state index in [1.807, 2.05) is 0 Å². The van der Waals surface area contributed by atoms with Crippen LogP contribution >= 0.6 is 27.3 Å². The Morgan fingerprint density at radius 2 is 1.95 bits per heavy atom. The van der Waals surface area contributed by atoms with Crippen LogP contribution in [-0.4, -0.2) is 11.5 Å². The van der Waals surface area contributed by atoms with Gasteiger partial charge in [-0.05, 0) is 24.6 Å². The van der Waals surface area contributed by atoms with Gasteiger partial charge >= 0.3 is 0 Å². The quantitative estimate of drug-likeness (QED) is 0.611. The normalized spacial score (nSPS) is 11.1. The minimum atomic E-state index is 1.03. The molecule has 0 bridgehead atoms. The summed E-state index contributed by atoms with van der Waals surface area (Å²) >= 11 is 5.21. The third-order valence-corrected chi connectivity index (χ3v) is 4.64. The van der Waals surface area contributed by atoms with Crippen LogP contribution in [0.25, 0.3) is 10.2 Å². The molecule has 0 saturated heterocycles. The molecule has 1 N–H and O–H groups in total. The molecule has 1 aromatic heterocycles. The van der Waals surface area contributed by atoms with Gasteiger partial charge in [0.25, 0.3) is 0 Å². The van der Waals surface area contributed by atoms with E-state index in [1.165, 1.54) is 43.2 Å². The third kappa shape index (κ3) is 4.77. The first-order valence-electron chi connectivity index (χ1n) is 7.09. The van der Waals surface area contributed by atoms with E-state index in [0.29, 0.717) is 0 Å². The molecule has 0 atom stereocenters. The fraction of sp³-hybridized carbons (Fsp3) is 0.533. The van der Waals surface area contributed by atoms with Gasteiger partial charge in [-0.25, -0.2) is 4.98 Å². The van der Waals surface area contributed by atoms with E-state index in [0.717, 1.165) is 21.7 Å². The number of fused-ring (bicyclic) bond motifs is 1. The van der Waals surface area contributed by atoms with Gasteiger partial charge in [0.05, 0.1) is 10.2 Å². The van der Waals surface area contributed by atoms with Crippen molar-refractivity contribution in [1.82, 2.24) is 4.98 Å². The Morgan fingerprint density at radius 1 is 1.16 bits per heavy atom. The molecule has 2 aromatic rings. The van der Waals surface area contributed by atoms with Crippen molar-refractivity contribution < 1.29 is 0 Å². The third-order valence-electron chi connectivity index (χ3n) is 3.16. The highest BCUT2D eigenvalue weighted by Crippen LogP contribution is 2.28. The van der Waals surface area contributed by atoms with Gasteiger partial charge in [-0.1, -0.05) is 66.3 Å². The highest BCUT2D eigenvalue weighted by molar-refractivity contribution is 9.10. The van der Waals surface area contributed by atoms with Crippen molar-refractivity contribution in [2.75, 3.05) is 11.9 Å². The second kappa shape index (κ2) is 7.85. The number of nitrogens with one attached hydrogen (secondary N) is 1. The summed E-state index contributed by atoms with van der Waals surface area (Å²) in [5, 5.41) is 4.48. The van der Waals surface area contributed by atoms with Gasteiger partial charge in [-0.2, -0.15) is 0 Å². The molecule has 2 rings (SSSR count). The van der Waals surface area contributed by atoms with Gasteiger partial charge in [0.15, 0.2) is 5.13 Å².